The first-order valence-electron chi connectivity index (χ1n) is 5.89. The second-order valence-electron chi connectivity index (χ2n) is 4.71. The molecule has 1 aliphatic heterocycles. The van der Waals surface area contributed by atoms with Gasteiger partial charge in [0.15, 0.2) is 0 Å². The van der Waals surface area contributed by atoms with Gasteiger partial charge in [-0.25, -0.2) is 4.39 Å². The minimum atomic E-state index is -0.122. The van der Waals surface area contributed by atoms with Crippen molar-refractivity contribution in [3.63, 3.8) is 0 Å². The van der Waals surface area contributed by atoms with Gasteiger partial charge in [-0.15, -0.1) is 0 Å². The molecule has 1 aromatic rings. The van der Waals surface area contributed by atoms with Crippen LogP contribution in [0.15, 0.2) is 24.3 Å². The molecule has 0 aromatic heterocycles. The van der Waals surface area contributed by atoms with Crippen molar-refractivity contribution in [1.29, 1.82) is 0 Å². The van der Waals surface area contributed by atoms with Crippen molar-refractivity contribution in [3.05, 3.63) is 30.1 Å². The van der Waals surface area contributed by atoms with E-state index in [0.717, 1.165) is 31.7 Å². The molecular formula is C13H19FN2. The van der Waals surface area contributed by atoms with Gasteiger partial charge < -0.3 is 10.2 Å². The maximum Gasteiger partial charge on any atom is 0.146 e. The molecule has 0 radical (unpaired) electrons. The van der Waals surface area contributed by atoms with Crippen LogP contribution in [0.2, 0.25) is 0 Å². The Morgan fingerprint density at radius 3 is 2.88 bits per heavy atom. The van der Waals surface area contributed by atoms with E-state index in [2.05, 4.69) is 24.1 Å². The number of hydrogen-bond donors (Lipinski definition) is 1. The summed E-state index contributed by atoms with van der Waals surface area (Å²) in [5.74, 6) is -0.122. The Morgan fingerprint density at radius 2 is 2.19 bits per heavy atom. The number of nitrogens with one attached hydrogen (secondary N) is 1. The van der Waals surface area contributed by atoms with Crippen LogP contribution in [0.5, 0.6) is 0 Å². The molecule has 0 bridgehead atoms. The standard InChI is InChI=1S/C13H19FN2/c1-3-13(2)10-16(9-8-15-13)12-7-5-4-6-11(12)14/h4-7,15H,3,8-10H2,1-2H3. The first-order chi connectivity index (χ1) is 7.64. The van der Waals surface area contributed by atoms with E-state index in [0.29, 0.717) is 0 Å². The molecule has 3 heteroatoms. The lowest BCUT2D eigenvalue weighted by Crippen LogP contribution is -2.58. The van der Waals surface area contributed by atoms with Crippen LogP contribution in [0, 0.1) is 5.82 Å². The number of halogens is 1. The maximum atomic E-state index is 13.7. The first-order valence-corrected chi connectivity index (χ1v) is 5.89. The molecule has 1 fully saturated rings. The highest BCUT2D eigenvalue weighted by Crippen LogP contribution is 2.24. The van der Waals surface area contributed by atoms with Crippen molar-refractivity contribution in [2.45, 2.75) is 25.8 Å². The van der Waals surface area contributed by atoms with Crippen LogP contribution in [0.1, 0.15) is 20.3 Å². The number of piperazine rings is 1. The van der Waals surface area contributed by atoms with E-state index in [-0.39, 0.29) is 11.4 Å². The molecule has 1 aliphatic rings. The van der Waals surface area contributed by atoms with Gasteiger partial charge in [0.1, 0.15) is 5.82 Å². The smallest absolute Gasteiger partial charge is 0.146 e. The Balaban J connectivity index is 2.19. The fourth-order valence-electron chi connectivity index (χ4n) is 2.20. The summed E-state index contributed by atoms with van der Waals surface area (Å²) < 4.78 is 13.7. The minimum Gasteiger partial charge on any atom is -0.366 e. The minimum absolute atomic E-state index is 0.0977. The van der Waals surface area contributed by atoms with Gasteiger partial charge in [-0.2, -0.15) is 0 Å². The van der Waals surface area contributed by atoms with Crippen LogP contribution < -0.4 is 10.2 Å². The Labute approximate surface area is 96.5 Å². The zero-order valence-corrected chi connectivity index (χ0v) is 9.96. The van der Waals surface area contributed by atoms with Gasteiger partial charge in [-0.3, -0.25) is 0 Å². The summed E-state index contributed by atoms with van der Waals surface area (Å²) in [6.07, 6.45) is 1.05. The third-order valence-corrected chi connectivity index (χ3v) is 3.45. The predicted molar refractivity (Wildman–Crippen MR) is 65.3 cm³/mol. The lowest BCUT2D eigenvalue weighted by molar-refractivity contribution is 0.313. The molecule has 0 spiro atoms. The van der Waals surface area contributed by atoms with E-state index < -0.39 is 0 Å². The van der Waals surface area contributed by atoms with Crippen LogP contribution in [0.3, 0.4) is 0 Å². The fourth-order valence-corrected chi connectivity index (χ4v) is 2.20. The number of anilines is 1. The zero-order valence-electron chi connectivity index (χ0n) is 9.96. The van der Waals surface area contributed by atoms with E-state index >= 15 is 0 Å². The van der Waals surface area contributed by atoms with Gasteiger partial charge in [0.05, 0.1) is 5.69 Å². The SMILES string of the molecule is CCC1(C)CN(c2ccccc2F)CCN1. The molecule has 16 heavy (non-hydrogen) atoms. The van der Waals surface area contributed by atoms with Gasteiger partial charge in [0.25, 0.3) is 0 Å². The van der Waals surface area contributed by atoms with Crippen LogP contribution in [0.25, 0.3) is 0 Å². The molecule has 1 saturated heterocycles. The molecule has 1 unspecified atom stereocenters. The van der Waals surface area contributed by atoms with Crippen molar-refractivity contribution in [3.8, 4) is 0 Å². The van der Waals surface area contributed by atoms with Crippen molar-refractivity contribution in [2.24, 2.45) is 0 Å². The lowest BCUT2D eigenvalue weighted by atomic mass is 9.95. The molecule has 0 aliphatic carbocycles. The second kappa shape index (κ2) is 4.42. The van der Waals surface area contributed by atoms with Crippen LogP contribution in [-0.4, -0.2) is 25.2 Å². The highest BCUT2D eigenvalue weighted by Gasteiger charge is 2.29. The number of para-hydroxylation sites is 1. The highest BCUT2D eigenvalue weighted by atomic mass is 19.1. The summed E-state index contributed by atoms with van der Waals surface area (Å²) in [6, 6.07) is 7.02. The fraction of sp³-hybridized carbons (Fsp3) is 0.538. The molecule has 88 valence electrons. The van der Waals surface area contributed by atoms with Crippen LogP contribution in [0.4, 0.5) is 10.1 Å². The molecule has 1 aromatic carbocycles. The van der Waals surface area contributed by atoms with E-state index in [1.807, 2.05) is 12.1 Å². The summed E-state index contributed by atoms with van der Waals surface area (Å²) in [5.41, 5.74) is 0.823. The maximum absolute atomic E-state index is 13.7. The number of hydrogen-bond acceptors (Lipinski definition) is 2. The van der Waals surface area contributed by atoms with Crippen LogP contribution >= 0.6 is 0 Å². The lowest BCUT2D eigenvalue weighted by Gasteiger charge is -2.42. The van der Waals surface area contributed by atoms with Gasteiger partial charge >= 0.3 is 0 Å². The molecule has 2 rings (SSSR count). The molecule has 1 heterocycles. The van der Waals surface area contributed by atoms with Crippen molar-refractivity contribution < 1.29 is 4.39 Å². The molecule has 1 N–H and O–H groups in total. The molecule has 1 atom stereocenters. The molecular weight excluding hydrogens is 203 g/mol. The largest absolute Gasteiger partial charge is 0.366 e. The Morgan fingerprint density at radius 1 is 1.44 bits per heavy atom. The summed E-state index contributed by atoms with van der Waals surface area (Å²) >= 11 is 0. The number of rotatable bonds is 2. The average Bonchev–Trinajstić information content (AvgIpc) is 2.30. The summed E-state index contributed by atoms with van der Waals surface area (Å²) in [5, 5.41) is 3.50. The van der Waals surface area contributed by atoms with E-state index in [1.165, 1.54) is 6.07 Å². The van der Waals surface area contributed by atoms with Gasteiger partial charge in [0, 0.05) is 25.2 Å². The third kappa shape index (κ3) is 2.19. The van der Waals surface area contributed by atoms with Gasteiger partial charge in [-0.1, -0.05) is 19.1 Å². The molecule has 2 nitrogen and oxygen atoms in total. The second-order valence-corrected chi connectivity index (χ2v) is 4.71. The summed E-state index contributed by atoms with van der Waals surface area (Å²) in [6.45, 7) is 7.01. The van der Waals surface area contributed by atoms with Gasteiger partial charge in [-0.05, 0) is 25.5 Å². The van der Waals surface area contributed by atoms with Crippen molar-refractivity contribution >= 4 is 5.69 Å². The van der Waals surface area contributed by atoms with Crippen molar-refractivity contribution in [2.75, 3.05) is 24.5 Å². The van der Waals surface area contributed by atoms with Crippen LogP contribution in [-0.2, 0) is 0 Å². The zero-order chi connectivity index (χ0) is 11.6. The predicted octanol–water partition coefficient (Wildman–Crippen LogP) is 2.40. The van der Waals surface area contributed by atoms with E-state index in [9.17, 15) is 4.39 Å². The molecule has 0 saturated carbocycles. The Hall–Kier alpha value is -1.09. The number of nitrogens with zero attached hydrogens (tertiary/aromatic N) is 1. The Kier molecular flexibility index (Phi) is 3.15. The van der Waals surface area contributed by atoms with Gasteiger partial charge in [0.2, 0.25) is 0 Å². The van der Waals surface area contributed by atoms with Crippen molar-refractivity contribution in [1.82, 2.24) is 5.32 Å². The third-order valence-electron chi connectivity index (χ3n) is 3.45. The first kappa shape index (κ1) is 11.4. The summed E-state index contributed by atoms with van der Waals surface area (Å²) in [4.78, 5) is 2.13. The quantitative estimate of drug-likeness (QED) is 0.826. The monoisotopic (exact) mass is 222 g/mol. The average molecular weight is 222 g/mol. The Bertz CT molecular complexity index is 367. The highest BCUT2D eigenvalue weighted by molar-refractivity contribution is 5.48. The molecule has 0 amide bonds. The van der Waals surface area contributed by atoms with E-state index in [1.54, 1.807) is 6.07 Å². The topological polar surface area (TPSA) is 15.3 Å². The summed E-state index contributed by atoms with van der Waals surface area (Å²) in [7, 11) is 0. The van der Waals surface area contributed by atoms with E-state index in [4.69, 9.17) is 0 Å². The number of benzene rings is 1. The normalized spacial score (nSPS) is 25.8.